The predicted molar refractivity (Wildman–Crippen MR) is 128 cm³/mol. The van der Waals surface area contributed by atoms with E-state index in [-0.39, 0.29) is 11.3 Å². The molecule has 0 aliphatic rings. The number of rotatable bonds is 3. The zero-order valence-electron chi connectivity index (χ0n) is 16.7. The van der Waals surface area contributed by atoms with E-state index in [2.05, 4.69) is 10.2 Å². The highest BCUT2D eigenvalue weighted by Crippen LogP contribution is 2.21. The third-order valence-corrected chi connectivity index (χ3v) is 4.85. The van der Waals surface area contributed by atoms with Crippen LogP contribution in [0.25, 0.3) is 11.4 Å². The van der Waals surface area contributed by atoms with Crippen LogP contribution >= 0.6 is 46.4 Å². The summed E-state index contributed by atoms with van der Waals surface area (Å²) in [5.74, 6) is 0.216. The average Bonchev–Trinajstić information content (AvgIpc) is 2.72. The van der Waals surface area contributed by atoms with Gasteiger partial charge >= 0.3 is 0 Å². The van der Waals surface area contributed by atoms with Gasteiger partial charge in [0.2, 0.25) is 0 Å². The zero-order valence-corrected chi connectivity index (χ0v) is 19.8. The molecule has 0 radical (unpaired) electrons. The minimum Gasteiger partial charge on any atom is -0.506 e. The van der Waals surface area contributed by atoms with Crippen LogP contribution in [-0.2, 0) is 0 Å². The first-order valence-corrected chi connectivity index (χ1v) is 10.5. The van der Waals surface area contributed by atoms with Crippen LogP contribution in [0.1, 0.15) is 0 Å². The Morgan fingerprint density at radius 1 is 0.697 bits per heavy atom. The molecule has 33 heavy (non-hydrogen) atoms. The second-order valence-electron chi connectivity index (χ2n) is 6.36. The van der Waals surface area contributed by atoms with Gasteiger partial charge in [-0.25, -0.2) is 0 Å². The minimum atomic E-state index is -0.460. The summed E-state index contributed by atoms with van der Waals surface area (Å²) in [5, 5.41) is 18.5. The Balaban J connectivity index is 0.000000186. The van der Waals surface area contributed by atoms with Crippen molar-refractivity contribution >= 4 is 46.4 Å². The summed E-state index contributed by atoms with van der Waals surface area (Å²) < 4.78 is 7.19. The van der Waals surface area contributed by atoms with Gasteiger partial charge in [0.25, 0.3) is 11.1 Å². The van der Waals surface area contributed by atoms with Gasteiger partial charge in [-0.15, -0.1) is 0 Å². The van der Waals surface area contributed by atoms with E-state index in [0.717, 1.165) is 16.9 Å². The summed E-state index contributed by atoms with van der Waals surface area (Å²) in [4.78, 5) is 23.3. The largest absolute Gasteiger partial charge is 0.506 e. The van der Waals surface area contributed by atoms with Crippen molar-refractivity contribution in [2.24, 2.45) is 0 Å². The number of hydrogen-bond donors (Lipinski definition) is 1. The van der Waals surface area contributed by atoms with Gasteiger partial charge in [0, 0.05) is 32.2 Å². The van der Waals surface area contributed by atoms with E-state index in [1.165, 1.54) is 24.1 Å². The van der Waals surface area contributed by atoms with E-state index in [0.29, 0.717) is 37.2 Å². The first kappa shape index (κ1) is 24.6. The Kier molecular flexibility index (Phi) is 7.99. The molecule has 0 saturated heterocycles. The Labute approximate surface area is 207 Å². The summed E-state index contributed by atoms with van der Waals surface area (Å²) in [6.07, 6.45) is 2.60. The van der Waals surface area contributed by atoms with Crippen LogP contribution in [0.3, 0.4) is 0 Å². The molecule has 2 aromatic carbocycles. The third-order valence-electron chi connectivity index (χ3n) is 3.98. The molecular formula is C21H14Cl4N4O4. The minimum absolute atomic E-state index is 0.186. The SMILES string of the molecule is COc1cnn(-c2cc(Cl)cc(Cl)c2)c(=O)c1.O=c1cc(O)cnn1-c1cc(Cl)cc(Cl)c1. The van der Waals surface area contributed by atoms with Crippen LogP contribution in [0.5, 0.6) is 11.5 Å². The highest BCUT2D eigenvalue weighted by molar-refractivity contribution is 6.35. The summed E-state index contributed by atoms with van der Waals surface area (Å²) in [7, 11) is 1.47. The molecule has 0 bridgehead atoms. The Morgan fingerprint density at radius 3 is 1.52 bits per heavy atom. The fourth-order valence-electron chi connectivity index (χ4n) is 2.61. The standard InChI is InChI=1S/C11H8Cl2N2O2.C10H6Cl2N2O2/c1-17-10-5-11(16)15(14-6-10)9-3-7(12)2-8(13)4-9;11-6-1-7(12)3-8(2-6)14-10(16)4-9(15)5-13-14/h2-6H,1H3;1-5,15H. The topological polar surface area (TPSA) is 99.2 Å². The van der Waals surface area contributed by atoms with Crippen molar-refractivity contribution in [2.75, 3.05) is 7.11 Å². The smallest absolute Gasteiger partial charge is 0.275 e. The molecule has 0 aliphatic heterocycles. The zero-order chi connectivity index (χ0) is 24.1. The molecular weight excluding hydrogens is 514 g/mol. The van der Waals surface area contributed by atoms with Gasteiger partial charge < -0.3 is 9.84 Å². The summed E-state index contributed by atoms with van der Waals surface area (Å²) in [5.41, 5.74) is 0.179. The number of hydrogen-bond acceptors (Lipinski definition) is 6. The fraction of sp³-hybridized carbons (Fsp3) is 0.0476. The van der Waals surface area contributed by atoms with E-state index in [4.69, 9.17) is 56.2 Å². The second-order valence-corrected chi connectivity index (χ2v) is 8.11. The number of methoxy groups -OCH3 is 1. The molecule has 0 spiro atoms. The molecule has 0 fully saturated rings. The van der Waals surface area contributed by atoms with Crippen LogP contribution < -0.4 is 15.9 Å². The monoisotopic (exact) mass is 526 g/mol. The van der Waals surface area contributed by atoms with Crippen molar-refractivity contribution in [3.05, 3.63) is 102 Å². The highest BCUT2D eigenvalue weighted by Gasteiger charge is 2.06. The lowest BCUT2D eigenvalue weighted by molar-refractivity contribution is 0.409. The first-order valence-electron chi connectivity index (χ1n) is 9.01. The van der Waals surface area contributed by atoms with Gasteiger partial charge in [-0.05, 0) is 36.4 Å². The van der Waals surface area contributed by atoms with Crippen molar-refractivity contribution in [1.82, 2.24) is 19.6 Å². The molecule has 170 valence electrons. The molecule has 2 heterocycles. The van der Waals surface area contributed by atoms with Gasteiger partial charge in [0.1, 0.15) is 11.5 Å². The molecule has 8 nitrogen and oxygen atoms in total. The molecule has 0 saturated carbocycles. The molecule has 1 N–H and O–H groups in total. The third kappa shape index (κ3) is 6.49. The summed E-state index contributed by atoms with van der Waals surface area (Å²) in [6.45, 7) is 0. The number of aromatic nitrogens is 4. The Bertz CT molecular complexity index is 1380. The van der Waals surface area contributed by atoms with Crippen LogP contribution in [0.4, 0.5) is 0 Å². The van der Waals surface area contributed by atoms with Crippen molar-refractivity contribution in [3.8, 4) is 22.9 Å². The number of ether oxygens (including phenoxy) is 1. The van der Waals surface area contributed by atoms with E-state index < -0.39 is 5.56 Å². The molecule has 0 atom stereocenters. The lowest BCUT2D eigenvalue weighted by Gasteiger charge is -2.06. The molecule has 4 rings (SSSR count). The number of benzene rings is 2. The Morgan fingerprint density at radius 2 is 1.12 bits per heavy atom. The highest BCUT2D eigenvalue weighted by atomic mass is 35.5. The van der Waals surface area contributed by atoms with Crippen molar-refractivity contribution < 1.29 is 9.84 Å². The van der Waals surface area contributed by atoms with Gasteiger partial charge in [0.05, 0.1) is 30.9 Å². The van der Waals surface area contributed by atoms with Gasteiger partial charge in [-0.1, -0.05) is 46.4 Å². The van der Waals surface area contributed by atoms with E-state index in [1.807, 2.05) is 0 Å². The molecule has 0 unspecified atom stereocenters. The van der Waals surface area contributed by atoms with Gasteiger partial charge in [-0.2, -0.15) is 19.6 Å². The predicted octanol–water partition coefficient (Wildman–Crippen LogP) is 4.79. The van der Waals surface area contributed by atoms with Crippen molar-refractivity contribution in [1.29, 1.82) is 0 Å². The van der Waals surface area contributed by atoms with Crippen LogP contribution in [-0.4, -0.2) is 31.8 Å². The number of halogens is 4. The van der Waals surface area contributed by atoms with Crippen LogP contribution in [0.15, 0.2) is 70.5 Å². The maximum atomic E-state index is 11.8. The fourth-order valence-corrected chi connectivity index (χ4v) is 3.64. The molecule has 2 aromatic heterocycles. The first-order chi connectivity index (χ1) is 15.7. The van der Waals surface area contributed by atoms with E-state index >= 15 is 0 Å². The van der Waals surface area contributed by atoms with Crippen molar-refractivity contribution in [2.45, 2.75) is 0 Å². The molecule has 4 aromatic rings. The second kappa shape index (κ2) is 10.7. The lowest BCUT2D eigenvalue weighted by atomic mass is 10.3. The normalized spacial score (nSPS) is 10.3. The van der Waals surface area contributed by atoms with Gasteiger partial charge in [-0.3, -0.25) is 9.59 Å². The van der Waals surface area contributed by atoms with E-state index in [9.17, 15) is 9.59 Å². The average molecular weight is 528 g/mol. The van der Waals surface area contributed by atoms with Crippen LogP contribution in [0.2, 0.25) is 20.1 Å². The van der Waals surface area contributed by atoms with E-state index in [1.54, 1.807) is 36.4 Å². The quantitative estimate of drug-likeness (QED) is 0.411. The number of aromatic hydroxyl groups is 1. The molecule has 12 heteroatoms. The molecule has 0 aliphatic carbocycles. The van der Waals surface area contributed by atoms with Crippen LogP contribution in [0, 0.1) is 0 Å². The Hall–Kier alpha value is -3.04. The maximum absolute atomic E-state index is 11.8. The maximum Gasteiger partial charge on any atom is 0.275 e. The van der Waals surface area contributed by atoms with Gasteiger partial charge in [0.15, 0.2) is 0 Å². The summed E-state index contributed by atoms with van der Waals surface area (Å²) in [6, 6.07) is 11.9. The number of nitrogens with zero attached hydrogens (tertiary/aromatic N) is 4. The summed E-state index contributed by atoms with van der Waals surface area (Å²) >= 11 is 23.3. The van der Waals surface area contributed by atoms with Crippen molar-refractivity contribution in [3.63, 3.8) is 0 Å². The molecule has 0 amide bonds. The lowest BCUT2D eigenvalue weighted by Crippen LogP contribution is -2.19.